The molecule has 0 rings (SSSR count). The lowest BCUT2D eigenvalue weighted by Gasteiger charge is -2.10. The zero-order valence-corrected chi connectivity index (χ0v) is 18.2. The number of carbonyl (C=O) groups is 4. The summed E-state index contributed by atoms with van der Waals surface area (Å²) in [6.07, 6.45) is 4.39. The molecule has 9 heteroatoms. The normalized spacial score (nSPS) is 12.8. The second-order valence-electron chi connectivity index (χ2n) is 7.78. The van der Waals surface area contributed by atoms with Gasteiger partial charge in [0.25, 0.3) is 0 Å². The van der Waals surface area contributed by atoms with Gasteiger partial charge in [-0.25, -0.2) is 18.4 Å². The number of carbonyl (C=O) groups excluding carboxylic acids is 2. The molecule has 180 valence electrons. The number of ether oxygens (including phenoxy) is 1. The minimum absolute atomic E-state index is 0.0972. The third kappa shape index (κ3) is 18.4. The summed E-state index contributed by atoms with van der Waals surface area (Å²) in [7, 11) is 0. The summed E-state index contributed by atoms with van der Waals surface area (Å²) < 4.78 is 31.9. The zero-order valence-electron chi connectivity index (χ0n) is 18.2. The molecule has 0 bridgehead atoms. The number of unbranched alkanes of at least 4 members (excludes halogenated alkanes) is 10. The van der Waals surface area contributed by atoms with Gasteiger partial charge in [0.2, 0.25) is 0 Å². The zero-order chi connectivity index (χ0) is 23.5. The Morgan fingerprint density at radius 1 is 0.548 bits per heavy atom. The van der Waals surface area contributed by atoms with Gasteiger partial charge in [-0.3, -0.25) is 9.59 Å². The summed E-state index contributed by atoms with van der Waals surface area (Å²) in [5.74, 6) is -4.36. The Kier molecular flexibility index (Phi) is 17.4. The molecule has 7 nitrogen and oxygen atoms in total. The first-order valence-corrected chi connectivity index (χ1v) is 11.2. The van der Waals surface area contributed by atoms with E-state index in [9.17, 15) is 28.0 Å². The molecule has 0 aliphatic rings. The molecule has 0 aromatic heterocycles. The highest BCUT2D eigenvalue weighted by atomic mass is 19.1. The van der Waals surface area contributed by atoms with Crippen LogP contribution in [-0.4, -0.2) is 46.4 Å². The molecule has 0 saturated heterocycles. The minimum atomic E-state index is -1.96. The van der Waals surface area contributed by atoms with E-state index in [1.807, 2.05) is 0 Å². The van der Waals surface area contributed by atoms with Gasteiger partial charge in [0.05, 0.1) is 0 Å². The van der Waals surface area contributed by atoms with Crippen LogP contribution in [0.1, 0.15) is 103 Å². The van der Waals surface area contributed by atoms with Gasteiger partial charge in [-0.1, -0.05) is 51.4 Å². The number of hydrogen-bond donors (Lipinski definition) is 2. The number of rotatable bonds is 20. The third-order valence-electron chi connectivity index (χ3n) is 4.91. The summed E-state index contributed by atoms with van der Waals surface area (Å²) in [6, 6.07) is 0. The highest BCUT2D eigenvalue weighted by Gasteiger charge is 2.26. The van der Waals surface area contributed by atoms with Crippen molar-refractivity contribution in [3.05, 3.63) is 0 Å². The second-order valence-corrected chi connectivity index (χ2v) is 7.78. The maximum Gasteiger partial charge on any atom is 0.348 e. The summed E-state index contributed by atoms with van der Waals surface area (Å²) in [4.78, 5) is 43.9. The van der Waals surface area contributed by atoms with Crippen molar-refractivity contribution >= 4 is 23.9 Å². The number of carboxylic acids is 2. The van der Waals surface area contributed by atoms with Crippen molar-refractivity contribution in [1.29, 1.82) is 0 Å². The van der Waals surface area contributed by atoms with E-state index in [4.69, 9.17) is 10.2 Å². The van der Waals surface area contributed by atoms with E-state index >= 15 is 0 Å². The molecule has 0 aromatic rings. The van der Waals surface area contributed by atoms with Crippen LogP contribution < -0.4 is 0 Å². The van der Waals surface area contributed by atoms with Crippen LogP contribution in [0.15, 0.2) is 0 Å². The Balaban J connectivity index is 3.72. The molecule has 2 N–H and O–H groups in total. The summed E-state index contributed by atoms with van der Waals surface area (Å²) in [5, 5.41) is 17.0. The van der Waals surface area contributed by atoms with Gasteiger partial charge >= 0.3 is 23.9 Å². The molecular formula is C22H36F2O7. The summed E-state index contributed by atoms with van der Waals surface area (Å²) in [5.41, 5.74) is 0. The molecule has 0 aliphatic carbocycles. The number of alkyl halides is 2. The van der Waals surface area contributed by atoms with Crippen molar-refractivity contribution in [2.45, 2.75) is 115 Å². The highest BCUT2D eigenvalue weighted by Crippen LogP contribution is 2.15. The number of hydrogen-bond acceptors (Lipinski definition) is 5. The van der Waals surface area contributed by atoms with E-state index in [2.05, 4.69) is 4.74 Å². The van der Waals surface area contributed by atoms with Crippen molar-refractivity contribution in [3.8, 4) is 0 Å². The largest absolute Gasteiger partial charge is 0.481 e. The van der Waals surface area contributed by atoms with Crippen LogP contribution in [0.2, 0.25) is 0 Å². The van der Waals surface area contributed by atoms with Crippen LogP contribution in [0.4, 0.5) is 8.78 Å². The summed E-state index contributed by atoms with van der Waals surface area (Å²) >= 11 is 0. The topological polar surface area (TPSA) is 118 Å². The van der Waals surface area contributed by atoms with Crippen LogP contribution in [-0.2, 0) is 23.9 Å². The van der Waals surface area contributed by atoms with E-state index in [-0.39, 0.29) is 25.7 Å². The Morgan fingerprint density at radius 2 is 0.839 bits per heavy atom. The third-order valence-corrected chi connectivity index (χ3v) is 4.91. The minimum Gasteiger partial charge on any atom is -0.481 e. The number of esters is 2. The van der Waals surface area contributed by atoms with E-state index in [1.54, 1.807) is 0 Å². The Labute approximate surface area is 182 Å². The fraction of sp³-hybridized carbons (Fsp3) is 0.818. The lowest BCUT2D eigenvalue weighted by molar-refractivity contribution is -0.167. The molecule has 0 amide bonds. The van der Waals surface area contributed by atoms with Gasteiger partial charge in [-0.05, 0) is 38.5 Å². The highest BCUT2D eigenvalue weighted by molar-refractivity contribution is 5.89. The van der Waals surface area contributed by atoms with Gasteiger partial charge in [-0.15, -0.1) is 0 Å². The molecule has 0 aromatic carbocycles. The SMILES string of the molecule is O=C(O)CCCCCCCCC(F)C(=O)OC(=O)C(F)CCCCCCCCC(=O)O. The number of carboxylic acid groups (broad SMARTS) is 2. The fourth-order valence-electron chi connectivity index (χ4n) is 3.08. The molecule has 31 heavy (non-hydrogen) atoms. The monoisotopic (exact) mass is 450 g/mol. The molecular weight excluding hydrogens is 414 g/mol. The molecule has 0 saturated carbocycles. The van der Waals surface area contributed by atoms with Crippen molar-refractivity contribution < 1.29 is 42.9 Å². The number of aliphatic carboxylic acids is 2. The smallest absolute Gasteiger partial charge is 0.348 e. The molecule has 2 atom stereocenters. The first-order valence-electron chi connectivity index (χ1n) is 11.2. The first-order chi connectivity index (χ1) is 14.7. The van der Waals surface area contributed by atoms with Crippen LogP contribution in [0.25, 0.3) is 0 Å². The number of halogens is 2. The predicted octanol–water partition coefficient (Wildman–Crippen LogP) is 5.14. The van der Waals surface area contributed by atoms with E-state index < -0.39 is 36.2 Å². The van der Waals surface area contributed by atoms with Gasteiger partial charge in [-0.2, -0.15) is 0 Å². The van der Waals surface area contributed by atoms with Crippen LogP contribution in [0, 0.1) is 0 Å². The fourth-order valence-corrected chi connectivity index (χ4v) is 3.08. The second kappa shape index (κ2) is 18.7. The molecule has 0 fully saturated rings. The van der Waals surface area contributed by atoms with Crippen LogP contribution >= 0.6 is 0 Å². The first kappa shape index (κ1) is 28.9. The Bertz CT molecular complexity index is 494. The Morgan fingerprint density at radius 3 is 1.16 bits per heavy atom. The van der Waals surface area contributed by atoms with Gasteiger partial charge in [0.15, 0.2) is 12.3 Å². The van der Waals surface area contributed by atoms with Crippen LogP contribution in [0.3, 0.4) is 0 Å². The van der Waals surface area contributed by atoms with Crippen molar-refractivity contribution in [2.75, 3.05) is 0 Å². The van der Waals surface area contributed by atoms with Crippen LogP contribution in [0.5, 0.6) is 0 Å². The average Bonchev–Trinajstić information content (AvgIpc) is 2.70. The molecule has 2 unspecified atom stereocenters. The van der Waals surface area contributed by atoms with Gasteiger partial charge in [0, 0.05) is 12.8 Å². The van der Waals surface area contributed by atoms with E-state index in [1.165, 1.54) is 0 Å². The summed E-state index contributed by atoms with van der Waals surface area (Å²) in [6.45, 7) is 0. The lowest BCUT2D eigenvalue weighted by Crippen LogP contribution is -2.27. The Hall–Kier alpha value is -2.06. The molecule has 0 heterocycles. The van der Waals surface area contributed by atoms with Crippen molar-refractivity contribution in [2.24, 2.45) is 0 Å². The lowest BCUT2D eigenvalue weighted by atomic mass is 10.1. The van der Waals surface area contributed by atoms with Gasteiger partial charge in [0.1, 0.15) is 0 Å². The predicted molar refractivity (Wildman–Crippen MR) is 110 cm³/mol. The molecule has 0 spiro atoms. The maximum absolute atomic E-state index is 13.8. The standard InChI is InChI=1S/C22H36F2O7/c23-17(13-9-5-1-3-7-11-15-19(25)26)21(29)31-22(30)18(24)14-10-6-2-4-8-12-16-20(27)28/h17-18H,1-16H2,(H,25,26)(H,27,28). The van der Waals surface area contributed by atoms with Crippen molar-refractivity contribution in [3.63, 3.8) is 0 Å². The molecule has 0 radical (unpaired) electrons. The average molecular weight is 451 g/mol. The quantitative estimate of drug-likeness (QED) is 0.150. The molecule has 0 aliphatic heterocycles. The maximum atomic E-state index is 13.8. The van der Waals surface area contributed by atoms with Crippen molar-refractivity contribution in [1.82, 2.24) is 0 Å². The van der Waals surface area contributed by atoms with Gasteiger partial charge < -0.3 is 14.9 Å². The van der Waals surface area contributed by atoms with E-state index in [0.29, 0.717) is 38.5 Å². The van der Waals surface area contributed by atoms with E-state index in [0.717, 1.165) is 38.5 Å².